The Morgan fingerprint density at radius 3 is 1.96 bits per heavy atom. The molecule has 0 fully saturated rings. The van der Waals surface area contributed by atoms with Crippen molar-refractivity contribution in [3.05, 3.63) is 160 Å². The van der Waals surface area contributed by atoms with Gasteiger partial charge in [-0.3, -0.25) is 4.79 Å². The van der Waals surface area contributed by atoms with Crippen LogP contribution in [0.15, 0.2) is 132 Å². The Morgan fingerprint density at radius 1 is 0.809 bits per heavy atom. The molecule has 1 heterocycles. The molecular formula is C39H38ClNO6. The van der Waals surface area contributed by atoms with Crippen LogP contribution in [0.25, 0.3) is 5.57 Å². The molecule has 4 aromatic rings. The van der Waals surface area contributed by atoms with Gasteiger partial charge in [-0.2, -0.15) is 0 Å². The van der Waals surface area contributed by atoms with Crippen molar-refractivity contribution in [1.29, 1.82) is 0 Å². The van der Waals surface area contributed by atoms with Crippen molar-refractivity contribution < 1.29 is 30.0 Å². The third-order valence-corrected chi connectivity index (χ3v) is 8.82. The zero-order valence-corrected chi connectivity index (χ0v) is 26.8. The number of phenolic OH excluding ortho intramolecular Hbond substituents is 2. The van der Waals surface area contributed by atoms with E-state index in [1.165, 1.54) is 41.0 Å². The molecule has 0 saturated heterocycles. The van der Waals surface area contributed by atoms with Crippen molar-refractivity contribution in [2.45, 2.75) is 37.3 Å². The molecule has 1 aliphatic heterocycles. The molecular weight excluding hydrogens is 614 g/mol. The minimum Gasteiger partial charge on any atom is -0.504 e. The number of hydrogen-bond donors (Lipinski definition) is 5. The van der Waals surface area contributed by atoms with E-state index in [-0.39, 0.29) is 42.7 Å². The summed E-state index contributed by atoms with van der Waals surface area (Å²) < 4.78 is 5.40. The molecule has 3 aliphatic rings. The summed E-state index contributed by atoms with van der Waals surface area (Å²) in [6, 6.07) is 35.4. The van der Waals surface area contributed by atoms with Crippen molar-refractivity contribution in [2.24, 2.45) is 0 Å². The number of nitrogens with one attached hydrogen (secondary N) is 1. The summed E-state index contributed by atoms with van der Waals surface area (Å²) in [5.74, 6) is -1.15. The highest BCUT2D eigenvalue weighted by molar-refractivity contribution is 6.06. The molecule has 2 unspecified atom stereocenters. The monoisotopic (exact) mass is 651 g/mol. The Bertz CT molecular complexity index is 1780. The summed E-state index contributed by atoms with van der Waals surface area (Å²) in [6.07, 6.45) is 3.99. The standard InChI is InChI=1S/C23H25N.C16H12O6.ClH/c1-19(20-11-5-2-6-12-20)24-18-17-23(21-13-7-3-8-14-21)22-15-9-4-10-16-22;17-10-2-1-8-13-9-4-12(19)11(18)3-7(9)5-16(13,21)6-22-15(8)14(10)20;/h2-16,19,23-24H,17-18H2,1H3;1-4,18-21H,5-6H2;1H. The third kappa shape index (κ3) is 6.98. The number of allylic oxidation sites excluding steroid dienone is 2. The minimum absolute atomic E-state index is 0. The average Bonchev–Trinajstić information content (AvgIpc) is 3.37. The number of aromatic hydroxyl groups is 2. The van der Waals surface area contributed by atoms with Gasteiger partial charge in [0.15, 0.2) is 17.3 Å². The minimum atomic E-state index is -1.33. The van der Waals surface area contributed by atoms with Gasteiger partial charge >= 0.3 is 0 Å². The number of fused-ring (bicyclic) bond motifs is 4. The fraction of sp³-hybridized carbons (Fsp3) is 0.205. The van der Waals surface area contributed by atoms with Gasteiger partial charge in [-0.15, -0.1) is 12.4 Å². The van der Waals surface area contributed by atoms with Gasteiger partial charge in [0, 0.05) is 29.5 Å². The van der Waals surface area contributed by atoms with Crippen LogP contribution in [-0.2, 0) is 16.0 Å². The second kappa shape index (κ2) is 14.3. The SMILES string of the molecule is CC(NCCC(c1ccccc1)c1ccccc1)c1ccccc1.Cl.O=C1C=CC2=C3c4cc(O)c(O)cc4CC3(O)COC2=C1O. The van der Waals surface area contributed by atoms with Crippen molar-refractivity contribution in [2.75, 3.05) is 13.2 Å². The molecule has 2 aliphatic carbocycles. The van der Waals surface area contributed by atoms with Crippen LogP contribution in [0.1, 0.15) is 53.1 Å². The zero-order valence-electron chi connectivity index (χ0n) is 26.0. The number of ether oxygens (including phenoxy) is 1. The van der Waals surface area contributed by atoms with E-state index in [2.05, 4.69) is 103 Å². The maximum atomic E-state index is 11.5. The first-order chi connectivity index (χ1) is 22.2. The first-order valence-electron chi connectivity index (χ1n) is 15.4. The second-order valence-corrected chi connectivity index (χ2v) is 11.9. The lowest BCUT2D eigenvalue weighted by Gasteiger charge is -2.33. The number of aliphatic hydroxyl groups is 2. The summed E-state index contributed by atoms with van der Waals surface area (Å²) in [5.41, 5.74) is 4.91. The van der Waals surface area contributed by atoms with Gasteiger partial charge in [-0.1, -0.05) is 91.0 Å². The maximum Gasteiger partial charge on any atom is 0.224 e. The number of halogens is 1. The Labute approximate surface area is 280 Å². The Balaban J connectivity index is 0.000000181. The number of aliphatic hydroxyl groups excluding tert-OH is 1. The van der Waals surface area contributed by atoms with Crippen LogP contribution in [0.5, 0.6) is 11.5 Å². The highest BCUT2D eigenvalue weighted by Gasteiger charge is 2.47. The smallest absolute Gasteiger partial charge is 0.224 e. The maximum absolute atomic E-state index is 11.5. The first kappa shape index (κ1) is 33.5. The van der Waals surface area contributed by atoms with Crippen molar-refractivity contribution in [3.63, 3.8) is 0 Å². The number of benzene rings is 4. The van der Waals surface area contributed by atoms with E-state index in [1.54, 1.807) is 0 Å². The van der Waals surface area contributed by atoms with Gasteiger partial charge in [0.25, 0.3) is 0 Å². The van der Waals surface area contributed by atoms with E-state index < -0.39 is 17.1 Å². The van der Waals surface area contributed by atoms with E-state index in [9.17, 15) is 25.2 Å². The third-order valence-electron chi connectivity index (χ3n) is 8.82. The van der Waals surface area contributed by atoms with Gasteiger partial charge in [0.2, 0.25) is 11.5 Å². The van der Waals surface area contributed by atoms with Crippen LogP contribution in [0.3, 0.4) is 0 Å². The predicted molar refractivity (Wildman–Crippen MR) is 185 cm³/mol. The topological polar surface area (TPSA) is 119 Å². The Kier molecular flexibility index (Phi) is 10.2. The van der Waals surface area contributed by atoms with E-state index in [1.807, 2.05) is 0 Å². The lowest BCUT2D eigenvalue weighted by atomic mass is 9.85. The van der Waals surface area contributed by atoms with E-state index in [4.69, 9.17) is 4.74 Å². The molecule has 0 radical (unpaired) electrons. The van der Waals surface area contributed by atoms with Crippen LogP contribution in [0, 0.1) is 0 Å². The summed E-state index contributed by atoms with van der Waals surface area (Å²) >= 11 is 0. The van der Waals surface area contributed by atoms with Crippen LogP contribution in [0.2, 0.25) is 0 Å². The summed E-state index contributed by atoms with van der Waals surface area (Å²) in [5, 5.41) is 43.7. The van der Waals surface area contributed by atoms with Gasteiger partial charge < -0.3 is 30.5 Å². The fourth-order valence-electron chi connectivity index (χ4n) is 6.46. The molecule has 0 amide bonds. The summed E-state index contributed by atoms with van der Waals surface area (Å²) in [4.78, 5) is 11.5. The molecule has 7 rings (SSSR count). The number of ketones is 1. The molecule has 0 spiro atoms. The molecule has 0 saturated carbocycles. The highest BCUT2D eigenvalue weighted by Crippen LogP contribution is 2.50. The molecule has 8 heteroatoms. The molecule has 0 aromatic heterocycles. The normalized spacial score (nSPS) is 18.3. The van der Waals surface area contributed by atoms with Crippen LogP contribution >= 0.6 is 12.4 Å². The largest absolute Gasteiger partial charge is 0.504 e. The highest BCUT2D eigenvalue weighted by atomic mass is 35.5. The molecule has 7 nitrogen and oxygen atoms in total. The summed E-state index contributed by atoms with van der Waals surface area (Å²) in [6.45, 7) is 3.10. The Morgan fingerprint density at radius 2 is 1.36 bits per heavy atom. The van der Waals surface area contributed by atoms with Crippen LogP contribution < -0.4 is 5.32 Å². The summed E-state index contributed by atoms with van der Waals surface area (Å²) in [7, 11) is 0. The van der Waals surface area contributed by atoms with Gasteiger partial charge in [-0.25, -0.2) is 0 Å². The first-order valence-corrected chi connectivity index (χ1v) is 15.4. The van der Waals surface area contributed by atoms with Crippen molar-refractivity contribution >= 4 is 23.8 Å². The molecule has 2 atom stereocenters. The van der Waals surface area contributed by atoms with Crippen LogP contribution in [-0.4, -0.2) is 45.0 Å². The lowest BCUT2D eigenvalue weighted by molar-refractivity contribution is -0.114. The number of rotatable bonds is 7. The van der Waals surface area contributed by atoms with Crippen molar-refractivity contribution in [3.8, 4) is 11.5 Å². The Hall–Kier alpha value is -4.82. The lowest BCUT2D eigenvalue weighted by Crippen LogP contribution is -2.39. The molecule has 4 aromatic carbocycles. The van der Waals surface area contributed by atoms with Gasteiger partial charge in [0.1, 0.15) is 12.2 Å². The quantitative estimate of drug-likeness (QED) is 0.136. The number of carbonyl (C=O) groups excluding carboxylic acids is 1. The second-order valence-electron chi connectivity index (χ2n) is 11.9. The fourth-order valence-corrected chi connectivity index (χ4v) is 6.46. The molecule has 5 N–H and O–H groups in total. The van der Waals surface area contributed by atoms with Gasteiger partial charge in [-0.05, 0) is 72.0 Å². The predicted octanol–water partition coefficient (Wildman–Crippen LogP) is 7.06. The average molecular weight is 652 g/mol. The zero-order chi connectivity index (χ0) is 32.3. The number of phenols is 2. The van der Waals surface area contributed by atoms with E-state index in [0.29, 0.717) is 34.2 Å². The number of carbonyl (C=O) groups is 1. The molecule has 47 heavy (non-hydrogen) atoms. The van der Waals surface area contributed by atoms with E-state index in [0.717, 1.165) is 13.0 Å². The van der Waals surface area contributed by atoms with Crippen molar-refractivity contribution in [1.82, 2.24) is 5.32 Å². The molecule has 0 bridgehead atoms. The molecule has 242 valence electrons. The number of hydrogen-bond acceptors (Lipinski definition) is 7. The van der Waals surface area contributed by atoms with Crippen LogP contribution in [0.4, 0.5) is 0 Å². The van der Waals surface area contributed by atoms with Gasteiger partial charge in [0.05, 0.1) is 0 Å². The van der Waals surface area contributed by atoms with E-state index >= 15 is 0 Å².